The summed E-state index contributed by atoms with van der Waals surface area (Å²) in [7, 11) is 0. The van der Waals surface area contributed by atoms with Gasteiger partial charge in [-0.15, -0.1) is 5.10 Å². The summed E-state index contributed by atoms with van der Waals surface area (Å²) in [5.41, 5.74) is 0.994. The van der Waals surface area contributed by atoms with Gasteiger partial charge in [0.25, 0.3) is 5.69 Å². The average Bonchev–Trinajstić information content (AvgIpc) is 2.61. The van der Waals surface area contributed by atoms with E-state index in [0.29, 0.717) is 11.0 Å². The molecule has 2 rings (SSSR count). The maximum absolute atomic E-state index is 10.5. The lowest BCUT2D eigenvalue weighted by Gasteiger charge is -1.93. The van der Waals surface area contributed by atoms with Crippen molar-refractivity contribution >= 4 is 16.7 Å². The lowest BCUT2D eigenvalue weighted by Crippen LogP contribution is -1.97. The second kappa shape index (κ2) is 3.34. The highest BCUT2D eigenvalue weighted by Crippen LogP contribution is 2.18. The van der Waals surface area contributed by atoms with Crippen LogP contribution in [0.3, 0.4) is 0 Å². The Morgan fingerprint density at radius 2 is 2.40 bits per heavy atom. The van der Waals surface area contributed by atoms with Crippen LogP contribution in [-0.2, 0) is 6.54 Å². The maximum Gasteiger partial charge on any atom is 0.271 e. The van der Waals surface area contributed by atoms with Gasteiger partial charge in [0.15, 0.2) is 0 Å². The molecule has 0 aliphatic carbocycles. The minimum absolute atomic E-state index is 0.0356. The number of nitro benzene ring substituents is 1. The normalized spacial score (nSPS) is 10.1. The van der Waals surface area contributed by atoms with Gasteiger partial charge in [-0.05, 0) is 6.07 Å². The molecule has 0 saturated carbocycles. The van der Waals surface area contributed by atoms with Gasteiger partial charge in [-0.2, -0.15) is 5.26 Å². The van der Waals surface area contributed by atoms with Gasteiger partial charge in [-0.25, -0.2) is 4.68 Å². The molecule has 0 radical (unpaired) electrons. The van der Waals surface area contributed by atoms with Gasteiger partial charge in [0.1, 0.15) is 12.1 Å². The second-order valence-electron chi connectivity index (χ2n) is 2.84. The zero-order valence-electron chi connectivity index (χ0n) is 7.49. The van der Waals surface area contributed by atoms with Crippen molar-refractivity contribution in [2.45, 2.75) is 6.54 Å². The van der Waals surface area contributed by atoms with Crippen molar-refractivity contribution in [3.63, 3.8) is 0 Å². The van der Waals surface area contributed by atoms with Gasteiger partial charge in [0.05, 0.1) is 16.5 Å². The SMILES string of the molecule is N#CCn1nnc2cc([N+](=O)[O-])ccc21. The number of benzene rings is 1. The molecule has 7 nitrogen and oxygen atoms in total. The topological polar surface area (TPSA) is 97.6 Å². The standard InChI is InChI=1S/C8H5N5O2/c9-3-4-12-8-2-1-6(13(14)15)5-7(8)10-11-12/h1-2,5H,4H2. The third kappa shape index (κ3) is 1.48. The second-order valence-corrected chi connectivity index (χ2v) is 2.84. The number of nitrogens with zero attached hydrogens (tertiary/aromatic N) is 5. The lowest BCUT2D eigenvalue weighted by atomic mass is 10.3. The molecule has 1 aromatic heterocycles. The molecular formula is C8H5N5O2. The van der Waals surface area contributed by atoms with E-state index in [-0.39, 0.29) is 12.2 Å². The van der Waals surface area contributed by atoms with Crippen LogP contribution >= 0.6 is 0 Å². The molecule has 1 heterocycles. The number of hydrogen-bond donors (Lipinski definition) is 0. The van der Waals surface area contributed by atoms with Crippen molar-refractivity contribution in [2.75, 3.05) is 0 Å². The molecule has 0 amide bonds. The molecule has 0 saturated heterocycles. The highest BCUT2D eigenvalue weighted by atomic mass is 16.6. The van der Waals surface area contributed by atoms with E-state index in [0.717, 1.165) is 0 Å². The molecule has 0 bridgehead atoms. The Bertz CT molecular complexity index is 568. The zero-order chi connectivity index (χ0) is 10.8. The third-order valence-corrected chi connectivity index (χ3v) is 1.93. The molecule has 1 aromatic carbocycles. The quantitative estimate of drug-likeness (QED) is 0.532. The maximum atomic E-state index is 10.5. The summed E-state index contributed by atoms with van der Waals surface area (Å²) in [6, 6.07) is 6.15. The fourth-order valence-electron chi connectivity index (χ4n) is 1.26. The lowest BCUT2D eigenvalue weighted by molar-refractivity contribution is -0.384. The number of non-ortho nitro benzene ring substituents is 1. The van der Waals surface area contributed by atoms with E-state index in [1.807, 2.05) is 6.07 Å². The van der Waals surface area contributed by atoms with E-state index in [2.05, 4.69) is 10.3 Å². The van der Waals surface area contributed by atoms with Crippen LogP contribution in [0.2, 0.25) is 0 Å². The summed E-state index contributed by atoms with van der Waals surface area (Å²) < 4.78 is 1.39. The van der Waals surface area contributed by atoms with Crippen LogP contribution in [0.15, 0.2) is 18.2 Å². The van der Waals surface area contributed by atoms with E-state index < -0.39 is 4.92 Å². The van der Waals surface area contributed by atoms with Crippen molar-refractivity contribution in [3.8, 4) is 6.07 Å². The Hall–Kier alpha value is -2.49. The number of hydrogen-bond acceptors (Lipinski definition) is 5. The number of nitro groups is 1. The molecule has 0 N–H and O–H groups in total. The Morgan fingerprint density at radius 3 is 3.07 bits per heavy atom. The average molecular weight is 203 g/mol. The highest BCUT2D eigenvalue weighted by Gasteiger charge is 2.10. The molecule has 74 valence electrons. The number of fused-ring (bicyclic) bond motifs is 1. The van der Waals surface area contributed by atoms with E-state index in [1.165, 1.54) is 22.9 Å². The molecule has 7 heteroatoms. The van der Waals surface area contributed by atoms with Crippen molar-refractivity contribution in [3.05, 3.63) is 28.3 Å². The van der Waals surface area contributed by atoms with E-state index in [1.54, 1.807) is 0 Å². The number of aromatic nitrogens is 3. The number of rotatable bonds is 2. The van der Waals surface area contributed by atoms with E-state index in [9.17, 15) is 10.1 Å². The highest BCUT2D eigenvalue weighted by molar-refractivity contribution is 5.77. The van der Waals surface area contributed by atoms with Gasteiger partial charge in [-0.1, -0.05) is 5.21 Å². The molecular weight excluding hydrogens is 198 g/mol. The summed E-state index contributed by atoms with van der Waals surface area (Å²) >= 11 is 0. The fourth-order valence-corrected chi connectivity index (χ4v) is 1.26. The fraction of sp³-hybridized carbons (Fsp3) is 0.125. The van der Waals surface area contributed by atoms with Crippen LogP contribution in [0, 0.1) is 21.4 Å². The van der Waals surface area contributed by atoms with E-state index in [4.69, 9.17) is 5.26 Å². The van der Waals surface area contributed by atoms with Crippen molar-refractivity contribution in [1.29, 1.82) is 5.26 Å². The van der Waals surface area contributed by atoms with Gasteiger partial charge in [0, 0.05) is 12.1 Å². The first-order valence-corrected chi connectivity index (χ1v) is 4.07. The first-order valence-electron chi connectivity index (χ1n) is 4.07. The van der Waals surface area contributed by atoms with E-state index >= 15 is 0 Å². The minimum atomic E-state index is -0.497. The summed E-state index contributed by atoms with van der Waals surface area (Å²) in [6.45, 7) is 0.0777. The van der Waals surface area contributed by atoms with Crippen LogP contribution in [0.5, 0.6) is 0 Å². The molecule has 15 heavy (non-hydrogen) atoms. The largest absolute Gasteiger partial charge is 0.271 e. The molecule has 2 aromatic rings. The first-order chi connectivity index (χ1) is 7.22. The molecule has 0 aliphatic rings. The predicted molar refractivity (Wildman–Crippen MR) is 49.8 cm³/mol. The van der Waals surface area contributed by atoms with Crippen LogP contribution in [0.1, 0.15) is 0 Å². The Morgan fingerprint density at radius 1 is 1.60 bits per heavy atom. The zero-order valence-corrected chi connectivity index (χ0v) is 7.49. The summed E-state index contributed by atoms with van der Waals surface area (Å²) in [4.78, 5) is 9.98. The molecule has 0 spiro atoms. The minimum Gasteiger partial charge on any atom is -0.258 e. The summed E-state index contributed by atoms with van der Waals surface area (Å²) in [6.07, 6.45) is 0. The van der Waals surface area contributed by atoms with Gasteiger partial charge < -0.3 is 0 Å². The van der Waals surface area contributed by atoms with Crippen molar-refractivity contribution in [1.82, 2.24) is 15.0 Å². The van der Waals surface area contributed by atoms with Gasteiger partial charge in [0.2, 0.25) is 0 Å². The summed E-state index contributed by atoms with van der Waals surface area (Å²) in [5.74, 6) is 0. The van der Waals surface area contributed by atoms with Crippen LogP contribution < -0.4 is 0 Å². The van der Waals surface area contributed by atoms with Crippen LogP contribution in [-0.4, -0.2) is 19.9 Å². The van der Waals surface area contributed by atoms with Gasteiger partial charge in [-0.3, -0.25) is 10.1 Å². The molecule has 0 aliphatic heterocycles. The van der Waals surface area contributed by atoms with Crippen molar-refractivity contribution < 1.29 is 4.92 Å². The third-order valence-electron chi connectivity index (χ3n) is 1.93. The summed E-state index contributed by atoms with van der Waals surface area (Å²) in [5, 5.41) is 26.4. The Labute approximate surface area is 83.7 Å². The van der Waals surface area contributed by atoms with Crippen LogP contribution in [0.25, 0.3) is 11.0 Å². The Balaban J connectivity index is 2.57. The Kier molecular flexibility index (Phi) is 2.02. The predicted octanol–water partition coefficient (Wildman–Crippen LogP) is 0.863. The molecule has 0 fully saturated rings. The molecule has 0 unspecified atom stereocenters. The molecule has 0 atom stereocenters. The number of nitriles is 1. The first kappa shape index (κ1) is 9.08. The van der Waals surface area contributed by atoms with Crippen molar-refractivity contribution in [2.24, 2.45) is 0 Å². The van der Waals surface area contributed by atoms with Crippen LogP contribution in [0.4, 0.5) is 5.69 Å². The van der Waals surface area contributed by atoms with Gasteiger partial charge >= 0.3 is 0 Å². The smallest absolute Gasteiger partial charge is 0.258 e. The monoisotopic (exact) mass is 203 g/mol.